The van der Waals surface area contributed by atoms with Gasteiger partial charge in [0.15, 0.2) is 0 Å². The molecule has 0 aliphatic carbocycles. The van der Waals surface area contributed by atoms with Crippen LogP contribution in [0.2, 0.25) is 0 Å². The highest BCUT2D eigenvalue weighted by Gasteiger charge is 2.14. The molecule has 5 nitrogen and oxygen atoms in total. The number of hydrogen-bond donors (Lipinski definition) is 1. The zero-order valence-electron chi connectivity index (χ0n) is 8.97. The number of rotatable bonds is 6. The van der Waals surface area contributed by atoms with Crippen LogP contribution in [0.1, 0.15) is 6.92 Å². The fourth-order valence-corrected chi connectivity index (χ4v) is 1.71. The maximum atomic E-state index is 10.7. The molecule has 0 fully saturated rings. The van der Waals surface area contributed by atoms with Crippen molar-refractivity contribution < 1.29 is 4.92 Å². The molecule has 0 saturated heterocycles. The Labute approximate surface area is 98.1 Å². The Bertz CT molecular complexity index is 396. The maximum Gasteiger partial charge on any atom is 0.311 e. The van der Waals surface area contributed by atoms with Crippen molar-refractivity contribution >= 4 is 23.3 Å². The highest BCUT2D eigenvalue weighted by atomic mass is 32.2. The van der Waals surface area contributed by atoms with Crippen LogP contribution in [-0.2, 0) is 0 Å². The second kappa shape index (κ2) is 6.12. The average molecular weight is 239 g/mol. The number of hydrogen-bond acceptors (Lipinski definition) is 5. The van der Waals surface area contributed by atoms with Crippen molar-refractivity contribution in [3.8, 4) is 0 Å². The van der Waals surface area contributed by atoms with Crippen molar-refractivity contribution in [3.05, 3.63) is 34.9 Å². The molecule has 1 aromatic rings. The highest BCUT2D eigenvalue weighted by Crippen LogP contribution is 2.26. The van der Waals surface area contributed by atoms with E-state index in [2.05, 4.69) is 16.9 Å². The first-order valence-electron chi connectivity index (χ1n) is 4.82. The second-order valence-electron chi connectivity index (χ2n) is 2.90. The van der Waals surface area contributed by atoms with Crippen LogP contribution in [0.25, 0.3) is 0 Å². The molecule has 86 valence electrons. The number of anilines is 1. The summed E-state index contributed by atoms with van der Waals surface area (Å²) >= 11 is 1.49. The number of aromatic nitrogens is 1. The van der Waals surface area contributed by atoms with Crippen LogP contribution in [-0.4, -0.2) is 22.2 Å². The van der Waals surface area contributed by atoms with E-state index in [0.717, 1.165) is 10.8 Å². The van der Waals surface area contributed by atoms with E-state index in [4.69, 9.17) is 0 Å². The van der Waals surface area contributed by atoms with Crippen LogP contribution in [0, 0.1) is 10.1 Å². The molecule has 1 rings (SSSR count). The van der Waals surface area contributed by atoms with Crippen molar-refractivity contribution in [2.24, 2.45) is 0 Å². The third-order valence-electron chi connectivity index (χ3n) is 1.74. The van der Waals surface area contributed by atoms with Crippen LogP contribution < -0.4 is 5.32 Å². The fourth-order valence-electron chi connectivity index (χ4n) is 1.10. The quantitative estimate of drug-likeness (QED) is 0.358. The third-order valence-corrected chi connectivity index (χ3v) is 2.66. The van der Waals surface area contributed by atoms with Crippen molar-refractivity contribution in [2.75, 3.05) is 17.6 Å². The molecule has 0 aliphatic heterocycles. The molecule has 0 amide bonds. The lowest BCUT2D eigenvalue weighted by Gasteiger charge is -2.05. The van der Waals surface area contributed by atoms with Gasteiger partial charge in [-0.15, -0.1) is 18.3 Å². The van der Waals surface area contributed by atoms with E-state index in [0.29, 0.717) is 12.4 Å². The Morgan fingerprint density at radius 1 is 1.69 bits per heavy atom. The summed E-state index contributed by atoms with van der Waals surface area (Å²) in [4.78, 5) is 14.5. The largest absolute Gasteiger partial charge is 0.365 e. The smallest absolute Gasteiger partial charge is 0.311 e. The summed E-state index contributed by atoms with van der Waals surface area (Å²) in [6.07, 6.45) is 1.76. The van der Waals surface area contributed by atoms with Gasteiger partial charge in [-0.3, -0.25) is 10.1 Å². The van der Waals surface area contributed by atoms with Gasteiger partial charge in [-0.25, -0.2) is 4.98 Å². The van der Waals surface area contributed by atoms with Gasteiger partial charge < -0.3 is 5.32 Å². The SMILES string of the molecule is C=CCSc1ccc([N+](=O)[O-])c(NCC)n1. The minimum Gasteiger partial charge on any atom is -0.365 e. The van der Waals surface area contributed by atoms with Gasteiger partial charge in [-0.2, -0.15) is 0 Å². The minimum absolute atomic E-state index is 0.00445. The predicted octanol–water partition coefficient (Wildman–Crippen LogP) is 2.70. The summed E-state index contributed by atoms with van der Waals surface area (Å²) in [6.45, 7) is 6.08. The standard InChI is InChI=1S/C10H13N3O2S/c1-3-7-16-9-6-5-8(13(14)15)10(12-9)11-4-2/h3,5-6H,1,4,7H2,2H3,(H,11,12). The summed E-state index contributed by atoms with van der Waals surface area (Å²) in [5.41, 5.74) is 0.00445. The maximum absolute atomic E-state index is 10.7. The summed E-state index contributed by atoms with van der Waals surface area (Å²) < 4.78 is 0. The molecule has 0 aliphatic rings. The van der Waals surface area contributed by atoms with E-state index in [-0.39, 0.29) is 5.69 Å². The molecule has 0 atom stereocenters. The van der Waals surface area contributed by atoms with E-state index in [1.54, 1.807) is 12.1 Å². The van der Waals surface area contributed by atoms with Gasteiger partial charge >= 0.3 is 5.69 Å². The molecule has 0 bridgehead atoms. The van der Waals surface area contributed by atoms with Gasteiger partial charge in [0.1, 0.15) is 0 Å². The van der Waals surface area contributed by atoms with Crippen molar-refractivity contribution in [1.29, 1.82) is 0 Å². The van der Waals surface area contributed by atoms with Crippen molar-refractivity contribution in [2.45, 2.75) is 11.9 Å². The summed E-state index contributed by atoms with van der Waals surface area (Å²) in [7, 11) is 0. The topological polar surface area (TPSA) is 68.1 Å². The van der Waals surface area contributed by atoms with Crippen LogP contribution in [0.15, 0.2) is 29.8 Å². The Hall–Kier alpha value is -1.56. The Kier molecular flexibility index (Phi) is 4.78. The van der Waals surface area contributed by atoms with Crippen molar-refractivity contribution in [3.63, 3.8) is 0 Å². The van der Waals surface area contributed by atoms with Gasteiger partial charge in [0.2, 0.25) is 5.82 Å². The van der Waals surface area contributed by atoms with E-state index in [9.17, 15) is 10.1 Å². The van der Waals surface area contributed by atoms with Gasteiger partial charge in [0, 0.05) is 18.4 Å². The van der Waals surface area contributed by atoms with Gasteiger partial charge in [-0.05, 0) is 13.0 Å². The molecule has 6 heteroatoms. The number of nitrogens with one attached hydrogen (secondary N) is 1. The Morgan fingerprint density at radius 3 is 3.00 bits per heavy atom. The zero-order valence-corrected chi connectivity index (χ0v) is 9.79. The molecular weight excluding hydrogens is 226 g/mol. The average Bonchev–Trinajstić information content (AvgIpc) is 2.26. The van der Waals surface area contributed by atoms with Crippen LogP contribution in [0.5, 0.6) is 0 Å². The van der Waals surface area contributed by atoms with E-state index >= 15 is 0 Å². The molecule has 1 aromatic heterocycles. The Balaban J connectivity index is 2.96. The number of pyridine rings is 1. The molecule has 0 unspecified atom stereocenters. The number of thioether (sulfide) groups is 1. The van der Waals surface area contributed by atoms with Gasteiger partial charge in [0.25, 0.3) is 0 Å². The number of nitrogens with zero attached hydrogens (tertiary/aromatic N) is 2. The molecular formula is C10H13N3O2S. The molecule has 0 saturated carbocycles. The molecule has 16 heavy (non-hydrogen) atoms. The van der Waals surface area contributed by atoms with E-state index < -0.39 is 4.92 Å². The first-order chi connectivity index (χ1) is 7.69. The third kappa shape index (κ3) is 3.23. The minimum atomic E-state index is -0.438. The first-order valence-corrected chi connectivity index (χ1v) is 5.80. The second-order valence-corrected chi connectivity index (χ2v) is 3.94. The number of nitro groups is 1. The van der Waals surface area contributed by atoms with Crippen molar-refractivity contribution in [1.82, 2.24) is 4.98 Å². The van der Waals surface area contributed by atoms with Crippen LogP contribution in [0.4, 0.5) is 11.5 Å². The molecule has 1 N–H and O–H groups in total. The summed E-state index contributed by atoms with van der Waals surface area (Å²) in [5.74, 6) is 1.05. The summed E-state index contributed by atoms with van der Waals surface area (Å²) in [6, 6.07) is 3.11. The lowest BCUT2D eigenvalue weighted by molar-refractivity contribution is -0.384. The predicted molar refractivity (Wildman–Crippen MR) is 66.0 cm³/mol. The highest BCUT2D eigenvalue weighted by molar-refractivity contribution is 7.99. The first kappa shape index (κ1) is 12.5. The summed E-state index contributed by atoms with van der Waals surface area (Å²) in [5, 5.41) is 14.4. The van der Waals surface area contributed by atoms with Crippen LogP contribution >= 0.6 is 11.8 Å². The van der Waals surface area contributed by atoms with Crippen LogP contribution in [0.3, 0.4) is 0 Å². The van der Waals surface area contributed by atoms with Gasteiger partial charge in [0.05, 0.1) is 9.95 Å². The molecule has 0 aromatic carbocycles. The fraction of sp³-hybridized carbons (Fsp3) is 0.300. The van der Waals surface area contributed by atoms with Gasteiger partial charge in [-0.1, -0.05) is 6.08 Å². The lowest BCUT2D eigenvalue weighted by atomic mass is 10.4. The van der Waals surface area contributed by atoms with E-state index in [1.807, 2.05) is 6.92 Å². The monoisotopic (exact) mass is 239 g/mol. The zero-order chi connectivity index (χ0) is 12.0. The molecule has 0 radical (unpaired) electrons. The lowest BCUT2D eigenvalue weighted by Crippen LogP contribution is -2.04. The van der Waals surface area contributed by atoms with E-state index in [1.165, 1.54) is 17.8 Å². The normalized spacial score (nSPS) is 9.81. The molecule has 1 heterocycles. The molecule has 0 spiro atoms. The Morgan fingerprint density at radius 2 is 2.44 bits per heavy atom.